The van der Waals surface area contributed by atoms with Gasteiger partial charge in [-0.05, 0) is 44.1 Å². The molecule has 8 nitrogen and oxygen atoms in total. The highest BCUT2D eigenvalue weighted by Gasteiger charge is 2.28. The standard InChI is InChI=1S/C20H19FN4O3.C4H9N/c1-27-15-10-22-8-6-11(15)17-18(16-13(24-17)7-9-23-20(16)26)25-14-5-3-4-12(21)19(14)28-2;1-2-4-5-3-1/h3-6,8,10,24-25H,7,9H2,1-2H3,(H,23,26);5H,1-4H2. The Bertz CT molecular complexity index is 1120. The number of carbonyl (C=O) groups is 1. The van der Waals surface area contributed by atoms with E-state index in [0.29, 0.717) is 41.3 Å². The molecule has 0 unspecified atom stereocenters. The average Bonchev–Trinajstić information content (AvgIpc) is 3.52. The van der Waals surface area contributed by atoms with E-state index in [1.807, 2.05) is 0 Å². The van der Waals surface area contributed by atoms with Crippen molar-refractivity contribution in [2.45, 2.75) is 19.3 Å². The molecule has 9 heteroatoms. The van der Waals surface area contributed by atoms with E-state index in [0.717, 1.165) is 11.3 Å². The second-order valence-corrected chi connectivity index (χ2v) is 7.71. The third-order valence-electron chi connectivity index (χ3n) is 5.63. The molecule has 0 spiro atoms. The van der Waals surface area contributed by atoms with Crippen LogP contribution in [-0.4, -0.2) is 49.7 Å². The van der Waals surface area contributed by atoms with Crippen LogP contribution < -0.4 is 25.4 Å². The van der Waals surface area contributed by atoms with E-state index in [9.17, 15) is 9.18 Å². The Morgan fingerprint density at radius 1 is 1.09 bits per heavy atom. The van der Waals surface area contributed by atoms with Gasteiger partial charge in [-0.1, -0.05) is 6.07 Å². The van der Waals surface area contributed by atoms with Gasteiger partial charge >= 0.3 is 0 Å². The first kappa shape index (κ1) is 22.6. The van der Waals surface area contributed by atoms with E-state index in [-0.39, 0.29) is 11.7 Å². The summed E-state index contributed by atoms with van der Waals surface area (Å²) in [5.74, 6) is -0.0730. The van der Waals surface area contributed by atoms with Gasteiger partial charge in [0.1, 0.15) is 5.75 Å². The number of hydrogen-bond donors (Lipinski definition) is 4. The van der Waals surface area contributed by atoms with Gasteiger partial charge in [-0.3, -0.25) is 9.78 Å². The normalized spacial score (nSPS) is 14.6. The number of methoxy groups -OCH3 is 2. The molecule has 3 aromatic rings. The van der Waals surface area contributed by atoms with Crippen molar-refractivity contribution in [3.8, 4) is 22.8 Å². The van der Waals surface area contributed by atoms with Gasteiger partial charge in [0.15, 0.2) is 11.6 Å². The molecule has 0 atom stereocenters. The molecule has 2 aromatic heterocycles. The molecular weight excluding hydrogens is 425 g/mol. The number of fused-ring (bicyclic) bond motifs is 1. The number of pyridine rings is 1. The van der Waals surface area contributed by atoms with Gasteiger partial charge in [-0.2, -0.15) is 0 Å². The van der Waals surface area contributed by atoms with Gasteiger partial charge in [0.05, 0.1) is 43.0 Å². The summed E-state index contributed by atoms with van der Waals surface area (Å²) < 4.78 is 24.8. The first-order valence-corrected chi connectivity index (χ1v) is 11.0. The highest BCUT2D eigenvalue weighted by Crippen LogP contribution is 2.41. The summed E-state index contributed by atoms with van der Waals surface area (Å²) in [7, 11) is 2.95. The van der Waals surface area contributed by atoms with E-state index < -0.39 is 5.82 Å². The number of hydrogen-bond acceptors (Lipinski definition) is 6. The number of para-hydroxylation sites is 1. The van der Waals surface area contributed by atoms with E-state index in [1.165, 1.54) is 39.1 Å². The fourth-order valence-corrected chi connectivity index (χ4v) is 4.03. The molecule has 2 aliphatic rings. The zero-order chi connectivity index (χ0) is 23.2. The molecule has 174 valence electrons. The van der Waals surface area contributed by atoms with Crippen molar-refractivity contribution >= 4 is 17.3 Å². The van der Waals surface area contributed by atoms with Gasteiger partial charge in [0, 0.05) is 30.4 Å². The molecule has 1 aromatic carbocycles. The molecule has 0 aliphatic carbocycles. The van der Waals surface area contributed by atoms with Crippen LogP contribution in [0.4, 0.5) is 15.8 Å². The van der Waals surface area contributed by atoms with Crippen LogP contribution in [0.1, 0.15) is 28.9 Å². The second-order valence-electron chi connectivity index (χ2n) is 7.71. The Kier molecular flexibility index (Phi) is 7.09. The number of nitrogens with zero attached hydrogens (tertiary/aromatic N) is 1. The number of carbonyl (C=O) groups excluding carboxylic acids is 1. The third-order valence-corrected chi connectivity index (χ3v) is 5.63. The minimum Gasteiger partial charge on any atom is -0.494 e. The fraction of sp³-hybridized carbons (Fsp3) is 0.333. The Balaban J connectivity index is 0.000000459. The first-order valence-electron chi connectivity index (χ1n) is 11.0. The Labute approximate surface area is 191 Å². The fourth-order valence-electron chi connectivity index (χ4n) is 4.03. The number of H-pyrrole nitrogens is 1. The number of rotatable bonds is 5. The number of aromatic nitrogens is 2. The van der Waals surface area contributed by atoms with Crippen LogP contribution >= 0.6 is 0 Å². The van der Waals surface area contributed by atoms with Crippen molar-refractivity contribution < 1.29 is 18.7 Å². The minimum absolute atomic E-state index is 0.0707. The summed E-state index contributed by atoms with van der Waals surface area (Å²) in [6.45, 7) is 3.04. The van der Waals surface area contributed by atoms with E-state index >= 15 is 0 Å². The van der Waals surface area contributed by atoms with E-state index in [1.54, 1.807) is 37.7 Å². The third kappa shape index (κ3) is 4.78. The van der Waals surface area contributed by atoms with Crippen LogP contribution in [0.25, 0.3) is 11.3 Å². The lowest BCUT2D eigenvalue weighted by Crippen LogP contribution is -2.31. The van der Waals surface area contributed by atoms with Gasteiger partial charge in [0.2, 0.25) is 0 Å². The molecule has 5 rings (SSSR count). The molecule has 0 saturated carbocycles. The summed E-state index contributed by atoms with van der Waals surface area (Å²) in [5.41, 5.74) is 3.63. The predicted molar refractivity (Wildman–Crippen MR) is 125 cm³/mol. The molecule has 1 amide bonds. The molecule has 2 aliphatic heterocycles. The summed E-state index contributed by atoms with van der Waals surface area (Å²) >= 11 is 0. The average molecular weight is 454 g/mol. The number of ether oxygens (including phenoxy) is 2. The maximum atomic E-state index is 14.2. The maximum Gasteiger partial charge on any atom is 0.255 e. The lowest BCUT2D eigenvalue weighted by atomic mass is 10.0. The van der Waals surface area contributed by atoms with Crippen LogP contribution in [0.2, 0.25) is 0 Å². The number of anilines is 2. The minimum atomic E-state index is -0.496. The lowest BCUT2D eigenvalue weighted by Gasteiger charge is -2.17. The highest BCUT2D eigenvalue weighted by molar-refractivity contribution is 6.06. The Morgan fingerprint density at radius 2 is 1.91 bits per heavy atom. The van der Waals surface area contributed by atoms with E-state index in [4.69, 9.17) is 9.47 Å². The number of halogens is 1. The van der Waals surface area contributed by atoms with Crippen molar-refractivity contribution in [1.82, 2.24) is 20.6 Å². The zero-order valence-corrected chi connectivity index (χ0v) is 18.8. The van der Waals surface area contributed by atoms with E-state index in [2.05, 4.69) is 25.9 Å². The summed E-state index contributed by atoms with van der Waals surface area (Å²) in [6.07, 6.45) is 6.68. The molecule has 0 bridgehead atoms. The van der Waals surface area contributed by atoms with Crippen LogP contribution in [0.15, 0.2) is 36.7 Å². The number of amides is 1. The highest BCUT2D eigenvalue weighted by atomic mass is 19.1. The topological polar surface area (TPSA) is 100 Å². The van der Waals surface area contributed by atoms with Crippen molar-refractivity contribution in [2.75, 3.05) is 39.2 Å². The van der Waals surface area contributed by atoms with Gasteiger partial charge in [-0.15, -0.1) is 0 Å². The molecule has 4 N–H and O–H groups in total. The molecular formula is C24H28FN5O3. The maximum absolute atomic E-state index is 14.2. The number of benzene rings is 1. The molecule has 4 heterocycles. The van der Waals surface area contributed by atoms with Crippen LogP contribution in [0, 0.1) is 5.82 Å². The van der Waals surface area contributed by atoms with Crippen molar-refractivity contribution in [3.05, 3.63) is 53.7 Å². The smallest absolute Gasteiger partial charge is 0.255 e. The van der Waals surface area contributed by atoms with Gasteiger partial charge < -0.3 is 30.4 Å². The van der Waals surface area contributed by atoms with Gasteiger partial charge in [0.25, 0.3) is 5.91 Å². The lowest BCUT2D eigenvalue weighted by molar-refractivity contribution is 0.0947. The largest absolute Gasteiger partial charge is 0.494 e. The summed E-state index contributed by atoms with van der Waals surface area (Å²) in [5, 5.41) is 9.26. The Hall–Kier alpha value is -3.59. The quantitative estimate of drug-likeness (QED) is 0.471. The Morgan fingerprint density at radius 3 is 2.61 bits per heavy atom. The summed E-state index contributed by atoms with van der Waals surface area (Å²) in [6, 6.07) is 6.37. The van der Waals surface area contributed by atoms with Crippen molar-refractivity contribution in [1.29, 1.82) is 0 Å². The summed E-state index contributed by atoms with van der Waals surface area (Å²) in [4.78, 5) is 20.0. The molecule has 1 saturated heterocycles. The molecule has 33 heavy (non-hydrogen) atoms. The first-order chi connectivity index (χ1) is 16.1. The molecule has 1 fully saturated rings. The predicted octanol–water partition coefficient (Wildman–Crippen LogP) is 3.63. The van der Waals surface area contributed by atoms with Crippen molar-refractivity contribution in [3.63, 3.8) is 0 Å². The monoisotopic (exact) mass is 453 g/mol. The second kappa shape index (κ2) is 10.4. The number of nitrogens with one attached hydrogen (secondary N) is 4. The van der Waals surface area contributed by atoms with Crippen molar-refractivity contribution in [2.24, 2.45) is 0 Å². The van der Waals surface area contributed by atoms with Crippen LogP contribution in [-0.2, 0) is 6.42 Å². The number of aromatic amines is 1. The van der Waals surface area contributed by atoms with Crippen LogP contribution in [0.3, 0.4) is 0 Å². The van der Waals surface area contributed by atoms with Crippen LogP contribution in [0.5, 0.6) is 11.5 Å². The van der Waals surface area contributed by atoms with Gasteiger partial charge in [-0.25, -0.2) is 4.39 Å². The zero-order valence-electron chi connectivity index (χ0n) is 18.8. The molecule has 0 radical (unpaired) electrons. The SMILES string of the molecule is C1CCNC1.COc1cnccc1-c1[nH]c2c(c1Nc1cccc(F)c1OC)C(=O)NCC2.